The molecule has 0 bridgehead atoms. The van der Waals surface area contributed by atoms with Crippen LogP contribution in [-0.4, -0.2) is 0 Å². The van der Waals surface area contributed by atoms with E-state index in [1.807, 2.05) is 24.3 Å². The molecule has 1 aliphatic rings. The maximum absolute atomic E-state index is 3.78. The first kappa shape index (κ1) is 21.3. The Kier molecular flexibility index (Phi) is 6.94. The zero-order valence-electron chi connectivity index (χ0n) is 18.5. The van der Waals surface area contributed by atoms with E-state index < -0.39 is 0 Å². The Morgan fingerprint density at radius 1 is 0.688 bits per heavy atom. The van der Waals surface area contributed by atoms with Gasteiger partial charge in [0, 0.05) is 0 Å². The van der Waals surface area contributed by atoms with Gasteiger partial charge in [0.15, 0.2) is 0 Å². The van der Waals surface area contributed by atoms with Crippen LogP contribution in [0.25, 0.3) is 22.8 Å². The summed E-state index contributed by atoms with van der Waals surface area (Å²) in [5.41, 5.74) is 10.6. The number of hydrogen-bond donors (Lipinski definition) is 0. The van der Waals surface area contributed by atoms with Crippen molar-refractivity contribution in [3.63, 3.8) is 0 Å². The average Bonchev–Trinajstić information content (AvgIpc) is 3.25. The van der Waals surface area contributed by atoms with Crippen molar-refractivity contribution in [1.29, 1.82) is 0 Å². The molecule has 156 valence electrons. The largest absolute Gasteiger partial charge is 0.0990 e. The molecule has 0 unspecified atom stereocenters. The van der Waals surface area contributed by atoms with E-state index >= 15 is 0 Å². The summed E-state index contributed by atoms with van der Waals surface area (Å²) in [7, 11) is 0. The van der Waals surface area contributed by atoms with Crippen LogP contribution in [0.15, 0.2) is 133 Å². The third-order valence-corrected chi connectivity index (χ3v) is 5.60. The quantitative estimate of drug-likeness (QED) is 0.294. The Hall–Kier alpha value is -3.90. The fourth-order valence-electron chi connectivity index (χ4n) is 4.12. The van der Waals surface area contributed by atoms with E-state index in [0.29, 0.717) is 0 Å². The highest BCUT2D eigenvalue weighted by atomic mass is 14.2. The van der Waals surface area contributed by atoms with Crippen LogP contribution < -0.4 is 0 Å². The van der Waals surface area contributed by atoms with Crippen LogP contribution in [0.2, 0.25) is 0 Å². The van der Waals surface area contributed by atoms with Crippen molar-refractivity contribution < 1.29 is 0 Å². The van der Waals surface area contributed by atoms with Crippen LogP contribution in [-0.2, 0) is 6.42 Å². The lowest BCUT2D eigenvalue weighted by Gasteiger charge is -2.07. The lowest BCUT2D eigenvalue weighted by atomic mass is 9.97. The van der Waals surface area contributed by atoms with E-state index in [1.165, 1.54) is 44.5 Å². The van der Waals surface area contributed by atoms with Crippen molar-refractivity contribution in [3.8, 4) is 11.1 Å². The molecule has 0 atom stereocenters. The summed E-state index contributed by atoms with van der Waals surface area (Å²) in [5, 5.41) is 0. The molecule has 0 aliphatic heterocycles. The van der Waals surface area contributed by atoms with Crippen LogP contribution in [0.5, 0.6) is 0 Å². The number of rotatable bonds is 4. The Labute approximate surface area is 191 Å². The van der Waals surface area contributed by atoms with Gasteiger partial charge >= 0.3 is 0 Å². The van der Waals surface area contributed by atoms with Crippen molar-refractivity contribution in [3.05, 3.63) is 156 Å². The highest BCUT2D eigenvalue weighted by Crippen LogP contribution is 2.33. The van der Waals surface area contributed by atoms with E-state index in [-0.39, 0.29) is 0 Å². The lowest BCUT2D eigenvalue weighted by Crippen LogP contribution is -1.86. The summed E-state index contributed by atoms with van der Waals surface area (Å²) in [5.74, 6) is 0. The first-order valence-corrected chi connectivity index (χ1v) is 11.0. The van der Waals surface area contributed by atoms with Gasteiger partial charge in [-0.2, -0.15) is 0 Å². The Bertz CT molecular complexity index is 1190. The van der Waals surface area contributed by atoms with Gasteiger partial charge in [-0.05, 0) is 52.3 Å². The van der Waals surface area contributed by atoms with Gasteiger partial charge in [0.25, 0.3) is 0 Å². The molecule has 0 saturated carbocycles. The van der Waals surface area contributed by atoms with E-state index in [4.69, 9.17) is 0 Å². The Morgan fingerprint density at radius 3 is 1.81 bits per heavy atom. The Morgan fingerprint density at radius 2 is 1.25 bits per heavy atom. The molecule has 1 aliphatic carbocycles. The van der Waals surface area contributed by atoms with E-state index in [9.17, 15) is 0 Å². The number of allylic oxidation sites excluding steroid dienone is 3. The fourth-order valence-corrected chi connectivity index (χ4v) is 4.12. The molecule has 0 N–H and O–H groups in total. The molecule has 0 aromatic heterocycles. The minimum atomic E-state index is 1.11. The van der Waals surface area contributed by atoms with Crippen molar-refractivity contribution in [1.82, 2.24) is 0 Å². The highest BCUT2D eigenvalue weighted by Gasteiger charge is 2.13. The molecule has 4 aromatic rings. The van der Waals surface area contributed by atoms with Crippen LogP contribution in [0.1, 0.15) is 29.2 Å². The minimum Gasteiger partial charge on any atom is -0.0990 e. The second-order valence-corrected chi connectivity index (χ2v) is 7.96. The zero-order valence-corrected chi connectivity index (χ0v) is 18.5. The molecular formula is C32H28. The monoisotopic (exact) mass is 412 g/mol. The van der Waals surface area contributed by atoms with Gasteiger partial charge in [-0.3, -0.25) is 0 Å². The standard InChI is InChI=1S/2C16H14/c1-12-10-14-8-5-9-15(16(14)11-12)13-6-3-2-4-7-13;1-2-9-16(14-10-5-3-6-11-14)15-12-7-4-8-13-15/h2-9,11H,10H2,1H3;2-13H,1H2. The molecule has 0 radical (unpaired) electrons. The van der Waals surface area contributed by atoms with Crippen molar-refractivity contribution in [2.24, 2.45) is 0 Å². The van der Waals surface area contributed by atoms with Crippen LogP contribution in [0.3, 0.4) is 0 Å². The Balaban J connectivity index is 0.000000153. The average molecular weight is 413 g/mol. The summed E-state index contributed by atoms with van der Waals surface area (Å²) < 4.78 is 0. The van der Waals surface area contributed by atoms with E-state index in [1.54, 1.807) is 0 Å². The van der Waals surface area contributed by atoms with Gasteiger partial charge in [0.05, 0.1) is 0 Å². The van der Waals surface area contributed by atoms with Crippen molar-refractivity contribution >= 4 is 11.6 Å². The van der Waals surface area contributed by atoms with Crippen molar-refractivity contribution in [2.75, 3.05) is 0 Å². The predicted molar refractivity (Wildman–Crippen MR) is 139 cm³/mol. The maximum Gasteiger partial charge on any atom is -0.00604 e. The molecule has 0 saturated heterocycles. The second-order valence-electron chi connectivity index (χ2n) is 7.96. The first-order valence-electron chi connectivity index (χ1n) is 11.0. The summed E-state index contributed by atoms with van der Waals surface area (Å²) >= 11 is 0. The van der Waals surface area contributed by atoms with Gasteiger partial charge < -0.3 is 0 Å². The number of fused-ring (bicyclic) bond motifs is 1. The number of hydrogen-bond acceptors (Lipinski definition) is 0. The summed E-state index contributed by atoms with van der Waals surface area (Å²) in [4.78, 5) is 0. The molecule has 5 rings (SSSR count). The topological polar surface area (TPSA) is 0 Å². The van der Waals surface area contributed by atoms with Gasteiger partial charge in [0.1, 0.15) is 0 Å². The molecule has 4 aromatic carbocycles. The van der Waals surface area contributed by atoms with Crippen molar-refractivity contribution in [2.45, 2.75) is 13.3 Å². The maximum atomic E-state index is 3.78. The molecule has 0 heteroatoms. The minimum absolute atomic E-state index is 1.11. The molecule has 32 heavy (non-hydrogen) atoms. The van der Waals surface area contributed by atoms with E-state index in [0.717, 1.165) is 6.42 Å². The third-order valence-electron chi connectivity index (χ3n) is 5.60. The fraction of sp³-hybridized carbons (Fsp3) is 0.0625. The lowest BCUT2D eigenvalue weighted by molar-refractivity contribution is 1.20. The third kappa shape index (κ3) is 5.04. The van der Waals surface area contributed by atoms with Gasteiger partial charge in [-0.25, -0.2) is 0 Å². The first-order chi connectivity index (χ1) is 15.8. The molecule has 0 spiro atoms. The molecule has 0 fully saturated rings. The van der Waals surface area contributed by atoms with Crippen LogP contribution >= 0.6 is 0 Å². The molecule has 0 amide bonds. The van der Waals surface area contributed by atoms with Crippen LogP contribution in [0, 0.1) is 0 Å². The summed E-state index contributed by atoms with van der Waals surface area (Å²) in [6.45, 7) is 5.98. The summed E-state index contributed by atoms with van der Waals surface area (Å²) in [6.07, 6.45) is 7.30. The number of benzene rings is 4. The predicted octanol–water partition coefficient (Wildman–Crippen LogP) is 8.62. The molecular weight excluding hydrogens is 384 g/mol. The van der Waals surface area contributed by atoms with Crippen LogP contribution in [0.4, 0.5) is 0 Å². The van der Waals surface area contributed by atoms with E-state index in [2.05, 4.69) is 117 Å². The normalized spacial score (nSPS) is 11.5. The second kappa shape index (κ2) is 10.4. The van der Waals surface area contributed by atoms with Gasteiger partial charge in [0.2, 0.25) is 0 Å². The molecule has 0 nitrogen and oxygen atoms in total. The summed E-state index contributed by atoms with van der Waals surface area (Å²) in [6, 6.07) is 37.9. The zero-order chi connectivity index (χ0) is 22.2. The van der Waals surface area contributed by atoms with Gasteiger partial charge in [-0.15, -0.1) is 0 Å². The van der Waals surface area contributed by atoms with Gasteiger partial charge in [-0.1, -0.05) is 140 Å². The molecule has 0 heterocycles. The smallest absolute Gasteiger partial charge is 0.00604 e. The SMILES string of the molecule is C=CC=C(c1ccccc1)c1ccccc1.CC1=Cc2c(cccc2-c2ccccc2)C1. The highest BCUT2D eigenvalue weighted by molar-refractivity contribution is 5.81.